The molecule has 0 aliphatic carbocycles. The molecule has 0 fully saturated rings. The molecule has 0 bridgehead atoms. The maximum atomic E-state index is 6.08. The summed E-state index contributed by atoms with van der Waals surface area (Å²) in [6.45, 7) is 0. The Hall–Kier alpha value is -2.63. The number of rotatable bonds is 5. The third-order valence-corrected chi connectivity index (χ3v) is 5.85. The van der Waals surface area contributed by atoms with Crippen molar-refractivity contribution in [3.63, 3.8) is 0 Å². The van der Waals surface area contributed by atoms with E-state index in [4.69, 9.17) is 11.6 Å². The Labute approximate surface area is 167 Å². The lowest BCUT2D eigenvalue weighted by Crippen LogP contribution is -2.00. The molecule has 1 atom stereocenters. The second-order valence-electron chi connectivity index (χ2n) is 6.07. The molecule has 4 rings (SSSR count). The first kappa shape index (κ1) is 17.8. The number of pyridine rings is 1. The molecule has 0 N–H and O–H groups in total. The van der Waals surface area contributed by atoms with Gasteiger partial charge in [0.15, 0.2) is 11.0 Å². The van der Waals surface area contributed by atoms with E-state index in [1.807, 2.05) is 41.9 Å². The van der Waals surface area contributed by atoms with Gasteiger partial charge < -0.3 is 4.57 Å². The van der Waals surface area contributed by atoms with Crippen LogP contribution in [0.25, 0.3) is 11.4 Å². The van der Waals surface area contributed by atoms with Gasteiger partial charge in [-0.25, -0.2) is 0 Å². The fraction of sp³-hybridized carbons (Fsp3) is 0.0952. The molecule has 4 nitrogen and oxygen atoms in total. The van der Waals surface area contributed by atoms with E-state index >= 15 is 0 Å². The maximum absolute atomic E-state index is 6.08. The first-order valence-electron chi connectivity index (χ1n) is 8.49. The van der Waals surface area contributed by atoms with Gasteiger partial charge in [0.05, 0.1) is 5.25 Å². The van der Waals surface area contributed by atoms with Gasteiger partial charge in [-0.2, -0.15) is 0 Å². The molecule has 4 aromatic rings. The van der Waals surface area contributed by atoms with Crippen molar-refractivity contribution in [2.75, 3.05) is 0 Å². The predicted octanol–water partition coefficient (Wildman–Crippen LogP) is 5.41. The van der Waals surface area contributed by atoms with Crippen LogP contribution in [0.3, 0.4) is 0 Å². The molecular formula is C21H17ClN4S. The van der Waals surface area contributed by atoms with Crippen LogP contribution in [0.15, 0.2) is 84.3 Å². The molecular weight excluding hydrogens is 376 g/mol. The second kappa shape index (κ2) is 7.94. The Morgan fingerprint density at radius 3 is 2.33 bits per heavy atom. The van der Waals surface area contributed by atoms with Crippen molar-refractivity contribution in [3.8, 4) is 11.4 Å². The van der Waals surface area contributed by atoms with Crippen molar-refractivity contribution in [1.29, 1.82) is 0 Å². The zero-order valence-corrected chi connectivity index (χ0v) is 16.2. The highest BCUT2D eigenvalue weighted by molar-refractivity contribution is 7.99. The van der Waals surface area contributed by atoms with Gasteiger partial charge in [0, 0.05) is 30.0 Å². The highest BCUT2D eigenvalue weighted by Crippen LogP contribution is 2.40. The first-order chi connectivity index (χ1) is 13.2. The number of benzene rings is 2. The van der Waals surface area contributed by atoms with E-state index < -0.39 is 0 Å². The van der Waals surface area contributed by atoms with E-state index in [1.165, 1.54) is 11.1 Å². The zero-order valence-electron chi connectivity index (χ0n) is 14.7. The summed E-state index contributed by atoms with van der Waals surface area (Å²) in [5.74, 6) is 0.800. The quantitative estimate of drug-likeness (QED) is 0.426. The molecule has 0 aliphatic rings. The molecule has 2 heterocycles. The molecule has 27 heavy (non-hydrogen) atoms. The van der Waals surface area contributed by atoms with Gasteiger partial charge in [0.1, 0.15) is 0 Å². The number of hydrogen-bond donors (Lipinski definition) is 0. The number of halogens is 1. The molecule has 0 aliphatic heterocycles. The summed E-state index contributed by atoms with van der Waals surface area (Å²) in [5, 5.41) is 10.5. The second-order valence-corrected chi connectivity index (χ2v) is 7.58. The van der Waals surface area contributed by atoms with Gasteiger partial charge in [-0.3, -0.25) is 4.98 Å². The molecule has 134 valence electrons. The summed E-state index contributed by atoms with van der Waals surface area (Å²) in [4.78, 5) is 4.18. The minimum atomic E-state index is 0.0908. The Balaban J connectivity index is 1.70. The average Bonchev–Trinajstić information content (AvgIpc) is 3.08. The lowest BCUT2D eigenvalue weighted by Gasteiger charge is -2.17. The highest BCUT2D eigenvalue weighted by Gasteiger charge is 2.20. The van der Waals surface area contributed by atoms with E-state index in [2.05, 4.69) is 51.6 Å². The van der Waals surface area contributed by atoms with E-state index in [0.29, 0.717) is 0 Å². The highest BCUT2D eigenvalue weighted by atomic mass is 35.5. The minimum absolute atomic E-state index is 0.0908. The van der Waals surface area contributed by atoms with Crippen molar-refractivity contribution < 1.29 is 0 Å². The van der Waals surface area contributed by atoms with Crippen molar-refractivity contribution >= 4 is 23.4 Å². The summed E-state index contributed by atoms with van der Waals surface area (Å²) in [5.41, 5.74) is 3.32. The van der Waals surface area contributed by atoms with Crippen LogP contribution >= 0.6 is 23.4 Å². The molecule has 2 aromatic heterocycles. The molecule has 0 saturated heterocycles. The topological polar surface area (TPSA) is 43.6 Å². The molecule has 0 radical (unpaired) electrons. The van der Waals surface area contributed by atoms with Crippen molar-refractivity contribution in [2.45, 2.75) is 10.4 Å². The number of thioether (sulfide) groups is 1. The zero-order chi connectivity index (χ0) is 18.6. The van der Waals surface area contributed by atoms with Crippen LogP contribution in [-0.2, 0) is 7.05 Å². The summed E-state index contributed by atoms with van der Waals surface area (Å²) < 4.78 is 2.01. The monoisotopic (exact) mass is 392 g/mol. The fourth-order valence-corrected chi connectivity index (χ4v) is 4.12. The smallest absolute Gasteiger partial charge is 0.192 e. The molecule has 2 aromatic carbocycles. The Morgan fingerprint density at radius 1 is 0.889 bits per heavy atom. The molecule has 1 unspecified atom stereocenters. The van der Waals surface area contributed by atoms with E-state index in [1.54, 1.807) is 24.2 Å². The van der Waals surface area contributed by atoms with Crippen LogP contribution in [0.2, 0.25) is 5.02 Å². The van der Waals surface area contributed by atoms with Crippen LogP contribution in [0.4, 0.5) is 0 Å². The Bertz CT molecular complexity index is 1020. The van der Waals surface area contributed by atoms with Gasteiger partial charge in [-0.15, -0.1) is 10.2 Å². The van der Waals surface area contributed by atoms with Gasteiger partial charge in [-0.05, 0) is 35.4 Å². The maximum Gasteiger partial charge on any atom is 0.192 e. The van der Waals surface area contributed by atoms with Crippen molar-refractivity contribution in [3.05, 3.63) is 95.3 Å². The normalized spacial score (nSPS) is 12.1. The predicted molar refractivity (Wildman–Crippen MR) is 110 cm³/mol. The molecule has 0 amide bonds. The van der Waals surface area contributed by atoms with E-state index in [9.17, 15) is 0 Å². The summed E-state index contributed by atoms with van der Waals surface area (Å²) in [6, 6.07) is 22.2. The number of nitrogens with zero attached hydrogens (tertiary/aromatic N) is 4. The Kier molecular flexibility index (Phi) is 5.23. The van der Waals surface area contributed by atoms with Crippen LogP contribution in [0.5, 0.6) is 0 Å². The van der Waals surface area contributed by atoms with Crippen LogP contribution < -0.4 is 0 Å². The average molecular weight is 393 g/mol. The third-order valence-electron chi connectivity index (χ3n) is 4.25. The minimum Gasteiger partial charge on any atom is -0.305 e. The summed E-state index contributed by atoms with van der Waals surface area (Å²) in [7, 11) is 1.98. The van der Waals surface area contributed by atoms with E-state index in [0.717, 1.165) is 21.6 Å². The third kappa shape index (κ3) is 3.89. The lowest BCUT2D eigenvalue weighted by molar-refractivity contribution is 0.791. The van der Waals surface area contributed by atoms with Crippen molar-refractivity contribution in [2.24, 2.45) is 7.05 Å². The fourth-order valence-electron chi connectivity index (χ4n) is 2.86. The lowest BCUT2D eigenvalue weighted by atomic mass is 10.0. The van der Waals surface area contributed by atoms with Gasteiger partial charge in [0.25, 0.3) is 0 Å². The summed E-state index contributed by atoms with van der Waals surface area (Å²) in [6.07, 6.45) is 3.55. The van der Waals surface area contributed by atoms with Gasteiger partial charge >= 0.3 is 0 Å². The van der Waals surface area contributed by atoms with Crippen LogP contribution in [0.1, 0.15) is 16.4 Å². The van der Waals surface area contributed by atoms with Crippen LogP contribution in [0, 0.1) is 0 Å². The van der Waals surface area contributed by atoms with E-state index in [-0.39, 0.29) is 5.25 Å². The standard InChI is InChI=1S/C21H17ClN4S/c1-26-20(17-8-5-13-23-14-17)24-25-21(26)27-19(15-6-3-2-4-7-15)16-9-11-18(22)12-10-16/h2-14,19H,1H3. The first-order valence-corrected chi connectivity index (χ1v) is 9.75. The van der Waals surface area contributed by atoms with Gasteiger partial charge in [-0.1, -0.05) is 65.8 Å². The molecule has 0 saturated carbocycles. The SMILES string of the molecule is Cn1c(SC(c2ccccc2)c2ccc(Cl)cc2)nnc1-c1cccnc1. The molecule has 0 spiro atoms. The van der Waals surface area contributed by atoms with Crippen LogP contribution in [-0.4, -0.2) is 19.7 Å². The number of aromatic nitrogens is 4. The molecule has 6 heteroatoms. The number of hydrogen-bond acceptors (Lipinski definition) is 4. The summed E-state index contributed by atoms with van der Waals surface area (Å²) >= 11 is 7.75. The van der Waals surface area contributed by atoms with Gasteiger partial charge in [0.2, 0.25) is 0 Å². The largest absolute Gasteiger partial charge is 0.305 e. The van der Waals surface area contributed by atoms with Crippen molar-refractivity contribution in [1.82, 2.24) is 19.7 Å². The Morgan fingerprint density at radius 2 is 1.63 bits per heavy atom.